The molecule has 388 valence electrons. The Balaban J connectivity index is 0.841. The number of H-pyrrole nitrogens is 1. The summed E-state index contributed by atoms with van der Waals surface area (Å²) in [4.78, 5) is 38.9. The Bertz CT molecular complexity index is 2980. The highest BCUT2D eigenvalue weighted by Gasteiger charge is 2.50. The van der Waals surface area contributed by atoms with Crippen molar-refractivity contribution in [3.05, 3.63) is 99.7 Å². The molecule has 5 heterocycles. The molecule has 3 saturated carbocycles. The number of pyridine rings is 1. The summed E-state index contributed by atoms with van der Waals surface area (Å²) in [5.74, 6) is 0.630. The molecule has 2 saturated heterocycles. The van der Waals surface area contributed by atoms with Crippen molar-refractivity contribution in [2.45, 2.75) is 145 Å². The lowest BCUT2D eigenvalue weighted by molar-refractivity contribution is -0.384. The predicted octanol–water partition coefficient (Wildman–Crippen LogP) is 10.8. The number of amides is 1. The number of nitrogens with zero attached hydrogens (tertiary/aromatic N) is 4. The van der Waals surface area contributed by atoms with Crippen molar-refractivity contribution in [3.63, 3.8) is 0 Å². The number of nitro groups is 1. The van der Waals surface area contributed by atoms with Gasteiger partial charge >= 0.3 is 0 Å². The largest absolute Gasteiger partial charge is 0.489 e. The molecule has 0 radical (unpaired) electrons. The van der Waals surface area contributed by atoms with Crippen molar-refractivity contribution in [1.29, 1.82) is 0 Å². The number of sulfonamides is 1. The second-order valence-corrected chi connectivity index (χ2v) is 24.3. The van der Waals surface area contributed by atoms with E-state index in [-0.39, 0.29) is 58.4 Å². The second-order valence-electron chi connectivity index (χ2n) is 22.6. The molecular weight excluding hydrogens is 947 g/mol. The first-order chi connectivity index (χ1) is 35.1. The number of carbonyl (C=O) groups excluding carboxylic acids is 1. The molecule has 0 bridgehead atoms. The Hall–Kier alpha value is -5.91. The summed E-state index contributed by atoms with van der Waals surface area (Å²) < 4.78 is 49.7. The molecule has 0 unspecified atom stereocenters. The average molecular weight is 1020 g/mol. The summed E-state index contributed by atoms with van der Waals surface area (Å²) in [5.41, 5.74) is 3.45. The highest BCUT2D eigenvalue weighted by atomic mass is 32.2. The molecule has 17 heteroatoms. The standard InChI is InChI=1S/C56H69N7O9S/c1-35(2)42-11-6-7-12-43(42)46-13-8-24-62(46)40-31-56(32-40)21-25-61(26-22-56)39-14-15-44(48(28-39)72-50-27-38-18-23-57-52(38)59-54(50)71-33-36-9-4-5-10-36)53(64)60-73(68,69)41-29-47(63(66)67)51-49(30-41)70-34-45(58-51)37-16-19-55(3,65)20-17-37/h6-7,11-12,14-15,18,23,27-30,35-37,40,45-46,58,65H,4-5,8-10,13,16-17,19-22,24-26,31-34H2,1-3H3,(H,57,59)(H,60,64)/t37?,45-,46+,55?/m1/s1. The SMILES string of the molecule is CC(C)c1ccccc1[C@@H]1CCCN1C1CC2(CCN(c3ccc(C(=O)NS(=O)(=O)c4cc5c(c([N+](=O)[O-])c4)N[C@@H](C4CCC(C)(O)CC4)CO5)c(Oc4cc5cc[nH]c5nc4OCC4CCCC4)c3)CC2)C1. The Morgan fingerprint density at radius 2 is 1.73 bits per heavy atom. The van der Waals surface area contributed by atoms with E-state index in [0.29, 0.717) is 61.9 Å². The number of nitrogens with one attached hydrogen (secondary N) is 3. The van der Waals surface area contributed by atoms with Crippen molar-refractivity contribution >= 4 is 44.0 Å². The first kappa shape index (κ1) is 49.3. The van der Waals surface area contributed by atoms with Crippen LogP contribution in [0.15, 0.2) is 77.8 Å². The van der Waals surface area contributed by atoms with Gasteiger partial charge in [0.1, 0.15) is 18.0 Å². The van der Waals surface area contributed by atoms with E-state index in [1.165, 1.54) is 42.9 Å². The summed E-state index contributed by atoms with van der Waals surface area (Å²) in [6, 6.07) is 20.8. The average Bonchev–Trinajstić information content (AvgIpc) is 4.18. The summed E-state index contributed by atoms with van der Waals surface area (Å²) in [7, 11) is -4.71. The second kappa shape index (κ2) is 19.7. The minimum Gasteiger partial charge on any atom is -0.489 e. The fourth-order valence-electron chi connectivity index (χ4n) is 13.0. The number of aromatic nitrogens is 2. The Labute approximate surface area is 427 Å². The zero-order valence-corrected chi connectivity index (χ0v) is 43.1. The van der Waals surface area contributed by atoms with Crippen LogP contribution in [0.2, 0.25) is 0 Å². The molecule has 2 aromatic heterocycles. The van der Waals surface area contributed by atoms with Crippen LogP contribution in [0.5, 0.6) is 23.1 Å². The number of ether oxygens (including phenoxy) is 3. The molecular formula is C56H69N7O9S. The zero-order valence-electron chi connectivity index (χ0n) is 42.2. The van der Waals surface area contributed by atoms with Gasteiger partial charge in [0.2, 0.25) is 0 Å². The van der Waals surface area contributed by atoms with E-state index in [2.05, 4.69) is 62.9 Å². The van der Waals surface area contributed by atoms with Gasteiger partial charge < -0.3 is 34.5 Å². The molecule has 73 heavy (non-hydrogen) atoms. The van der Waals surface area contributed by atoms with Gasteiger partial charge in [-0.05, 0) is 149 Å². The van der Waals surface area contributed by atoms with Gasteiger partial charge in [-0.3, -0.25) is 19.8 Å². The van der Waals surface area contributed by atoms with Crippen molar-refractivity contribution in [3.8, 4) is 23.1 Å². The van der Waals surface area contributed by atoms with Crippen LogP contribution in [0, 0.1) is 27.4 Å². The van der Waals surface area contributed by atoms with Crippen LogP contribution >= 0.6 is 0 Å². The minimum atomic E-state index is -4.71. The normalized spacial score (nSPS) is 24.5. The van der Waals surface area contributed by atoms with Crippen LogP contribution in [0.25, 0.3) is 11.0 Å². The van der Waals surface area contributed by atoms with Gasteiger partial charge in [0.25, 0.3) is 27.5 Å². The molecule has 1 spiro atoms. The van der Waals surface area contributed by atoms with Gasteiger partial charge in [0, 0.05) is 60.6 Å². The number of carbonyl (C=O) groups is 1. The fraction of sp³-hybridized carbons (Fsp3) is 0.536. The van der Waals surface area contributed by atoms with E-state index in [4.69, 9.17) is 19.2 Å². The van der Waals surface area contributed by atoms with E-state index in [0.717, 1.165) is 75.3 Å². The van der Waals surface area contributed by atoms with Gasteiger partial charge in [-0.15, -0.1) is 0 Å². The number of hydrogen-bond donors (Lipinski definition) is 4. The van der Waals surface area contributed by atoms with Gasteiger partial charge in [-0.25, -0.2) is 13.1 Å². The lowest BCUT2D eigenvalue weighted by Gasteiger charge is -2.56. The number of hydrogen-bond acceptors (Lipinski definition) is 13. The molecule has 2 atom stereocenters. The summed E-state index contributed by atoms with van der Waals surface area (Å²) in [5, 5.41) is 27.1. The van der Waals surface area contributed by atoms with Crippen LogP contribution < -0.4 is 29.1 Å². The third-order valence-corrected chi connectivity index (χ3v) is 18.6. The van der Waals surface area contributed by atoms with E-state index < -0.39 is 37.0 Å². The van der Waals surface area contributed by atoms with E-state index in [9.17, 15) is 28.4 Å². The minimum absolute atomic E-state index is 0.000577. The Kier molecular flexibility index (Phi) is 13.3. The summed E-state index contributed by atoms with van der Waals surface area (Å²) in [6.45, 7) is 9.77. The third kappa shape index (κ3) is 10.1. The van der Waals surface area contributed by atoms with Crippen LogP contribution in [0.3, 0.4) is 0 Å². The molecule has 3 aromatic carbocycles. The first-order valence-corrected chi connectivity index (χ1v) is 28.1. The summed E-state index contributed by atoms with van der Waals surface area (Å²) >= 11 is 0. The number of likely N-dealkylation sites (tertiary alicyclic amines) is 1. The van der Waals surface area contributed by atoms with Gasteiger partial charge in [0.05, 0.1) is 33.6 Å². The zero-order chi connectivity index (χ0) is 50.6. The van der Waals surface area contributed by atoms with Crippen LogP contribution in [0.1, 0.15) is 144 Å². The number of piperidine rings is 1. The van der Waals surface area contributed by atoms with Gasteiger partial charge in [-0.1, -0.05) is 51.0 Å². The molecule has 3 aliphatic heterocycles. The van der Waals surface area contributed by atoms with E-state index in [1.54, 1.807) is 24.4 Å². The topological polar surface area (TPSA) is 201 Å². The number of fused-ring (bicyclic) bond motifs is 2. The molecule has 11 rings (SSSR count). The monoisotopic (exact) mass is 1020 g/mol. The molecule has 4 N–H and O–H groups in total. The number of rotatable bonds is 14. The van der Waals surface area contributed by atoms with Gasteiger partial charge in [0.15, 0.2) is 17.2 Å². The molecule has 16 nitrogen and oxygen atoms in total. The first-order valence-electron chi connectivity index (χ1n) is 26.6. The smallest absolute Gasteiger partial charge is 0.297 e. The lowest BCUT2D eigenvalue weighted by Crippen LogP contribution is -2.54. The Morgan fingerprint density at radius 1 is 0.959 bits per heavy atom. The van der Waals surface area contributed by atoms with Crippen LogP contribution in [0.4, 0.5) is 17.1 Å². The maximum atomic E-state index is 14.5. The Morgan fingerprint density at radius 3 is 2.48 bits per heavy atom. The lowest BCUT2D eigenvalue weighted by atomic mass is 9.59. The predicted molar refractivity (Wildman–Crippen MR) is 279 cm³/mol. The molecule has 5 fully saturated rings. The number of aliphatic hydroxyl groups is 1. The molecule has 6 aliphatic rings. The van der Waals surface area contributed by atoms with Crippen molar-refractivity contribution in [2.24, 2.45) is 17.3 Å². The maximum Gasteiger partial charge on any atom is 0.297 e. The number of benzene rings is 3. The quantitative estimate of drug-likeness (QED) is 0.0605. The molecule has 3 aliphatic carbocycles. The molecule has 1 amide bonds. The third-order valence-electron chi connectivity index (χ3n) is 17.3. The fourth-order valence-corrected chi connectivity index (χ4v) is 14.0. The van der Waals surface area contributed by atoms with Crippen LogP contribution in [-0.4, -0.2) is 89.8 Å². The van der Waals surface area contributed by atoms with Crippen molar-refractivity contribution in [2.75, 3.05) is 43.1 Å². The van der Waals surface area contributed by atoms with Crippen molar-refractivity contribution in [1.82, 2.24) is 19.6 Å². The van der Waals surface area contributed by atoms with Crippen molar-refractivity contribution < 1.29 is 37.5 Å². The highest BCUT2D eigenvalue weighted by Crippen LogP contribution is 2.55. The summed E-state index contributed by atoms with van der Waals surface area (Å²) in [6.07, 6.45) is 15.7. The number of anilines is 2. The van der Waals surface area contributed by atoms with E-state index in [1.807, 2.05) is 19.1 Å². The number of aromatic amines is 1. The molecule has 5 aromatic rings. The maximum absolute atomic E-state index is 14.5. The van der Waals surface area contributed by atoms with Crippen LogP contribution in [-0.2, 0) is 10.0 Å². The van der Waals surface area contributed by atoms with Gasteiger partial charge in [-0.2, -0.15) is 4.98 Å². The highest BCUT2D eigenvalue weighted by molar-refractivity contribution is 7.90. The van der Waals surface area contributed by atoms with E-state index >= 15 is 0 Å². The number of nitro benzene ring substituents is 1.